The minimum Gasteiger partial charge on any atom is -0.495 e. The molecule has 0 spiro atoms. The van der Waals surface area contributed by atoms with E-state index in [-0.39, 0.29) is 10.6 Å². The highest BCUT2D eigenvalue weighted by Gasteiger charge is 2.23. The van der Waals surface area contributed by atoms with Crippen molar-refractivity contribution in [1.82, 2.24) is 4.31 Å². The van der Waals surface area contributed by atoms with Crippen LogP contribution >= 0.6 is 0 Å². The highest BCUT2D eigenvalue weighted by molar-refractivity contribution is 7.89. The molecule has 1 N–H and O–H groups in total. The second-order valence-corrected chi connectivity index (χ2v) is 8.33. The number of carbonyl (C=O) groups is 1. The summed E-state index contributed by atoms with van der Waals surface area (Å²) in [6.45, 7) is 4.24. The first kappa shape index (κ1) is 24.2. The molecule has 0 atom stereocenters. The van der Waals surface area contributed by atoms with Crippen molar-refractivity contribution in [2.75, 3.05) is 39.7 Å². The maximum absolute atomic E-state index is 12.8. The molecule has 8 nitrogen and oxygen atoms in total. The number of sulfonamides is 1. The van der Waals surface area contributed by atoms with Gasteiger partial charge in [-0.05, 0) is 42.0 Å². The molecule has 2 aromatic rings. The number of rotatable bonds is 10. The van der Waals surface area contributed by atoms with Gasteiger partial charge in [0.05, 0.1) is 31.9 Å². The molecule has 0 aliphatic heterocycles. The molecule has 0 saturated heterocycles. The molecule has 0 unspecified atom stereocenters. The summed E-state index contributed by atoms with van der Waals surface area (Å²) in [5, 5.41) is 2.68. The third-order valence-electron chi connectivity index (χ3n) is 4.61. The summed E-state index contributed by atoms with van der Waals surface area (Å²) >= 11 is 0. The van der Waals surface area contributed by atoms with Gasteiger partial charge < -0.3 is 19.5 Å². The SMILES string of the molecule is CCN(CC)S(=O)(=O)c1ccc(OC)c(NC(=O)C=Cc2ccc(OC)c(OC)c2)c1. The Bertz CT molecular complexity index is 1050. The lowest BCUT2D eigenvalue weighted by atomic mass is 10.2. The van der Waals surface area contributed by atoms with Crippen LogP contribution in [-0.4, -0.2) is 53.0 Å². The van der Waals surface area contributed by atoms with E-state index in [4.69, 9.17) is 14.2 Å². The third kappa shape index (κ3) is 5.77. The maximum atomic E-state index is 12.8. The first-order valence-electron chi connectivity index (χ1n) is 9.69. The lowest BCUT2D eigenvalue weighted by Gasteiger charge is -2.19. The van der Waals surface area contributed by atoms with E-state index in [0.29, 0.717) is 30.3 Å². The first-order chi connectivity index (χ1) is 14.8. The van der Waals surface area contributed by atoms with Crippen molar-refractivity contribution >= 4 is 27.7 Å². The van der Waals surface area contributed by atoms with E-state index in [0.717, 1.165) is 5.56 Å². The fourth-order valence-corrected chi connectivity index (χ4v) is 4.45. The number of ether oxygens (including phenoxy) is 3. The van der Waals surface area contributed by atoms with Gasteiger partial charge in [-0.3, -0.25) is 4.79 Å². The standard InChI is InChI=1S/C22H28N2O6S/c1-6-24(7-2)31(26,27)17-10-12-19(28-3)18(15-17)23-22(25)13-9-16-8-11-20(29-4)21(14-16)30-5/h8-15H,6-7H2,1-5H3,(H,23,25). The first-order valence-corrected chi connectivity index (χ1v) is 11.1. The lowest BCUT2D eigenvalue weighted by molar-refractivity contribution is -0.111. The molecule has 168 valence electrons. The normalized spacial score (nSPS) is 11.5. The van der Waals surface area contributed by atoms with Crippen molar-refractivity contribution in [2.24, 2.45) is 0 Å². The Hall–Kier alpha value is -3.04. The molecule has 0 saturated carbocycles. The van der Waals surface area contributed by atoms with Gasteiger partial charge >= 0.3 is 0 Å². The van der Waals surface area contributed by atoms with E-state index in [1.807, 2.05) is 0 Å². The van der Waals surface area contributed by atoms with Crippen LogP contribution in [0.15, 0.2) is 47.4 Å². The van der Waals surface area contributed by atoms with Gasteiger partial charge in [-0.15, -0.1) is 0 Å². The van der Waals surface area contributed by atoms with Gasteiger partial charge in [-0.1, -0.05) is 19.9 Å². The van der Waals surface area contributed by atoms with Crippen LogP contribution in [0.4, 0.5) is 5.69 Å². The molecule has 0 heterocycles. The zero-order valence-electron chi connectivity index (χ0n) is 18.3. The number of methoxy groups -OCH3 is 3. The van der Waals surface area contributed by atoms with Crippen LogP contribution in [0.2, 0.25) is 0 Å². The Labute approximate surface area is 183 Å². The largest absolute Gasteiger partial charge is 0.495 e. The van der Waals surface area contributed by atoms with E-state index in [1.165, 1.54) is 42.8 Å². The van der Waals surface area contributed by atoms with Crippen LogP contribution in [0.1, 0.15) is 19.4 Å². The Morgan fingerprint density at radius 1 is 0.935 bits per heavy atom. The molecule has 1 amide bonds. The summed E-state index contributed by atoms with van der Waals surface area (Å²) in [6, 6.07) is 9.63. The Morgan fingerprint density at radius 2 is 1.55 bits per heavy atom. The molecule has 2 aromatic carbocycles. The fraction of sp³-hybridized carbons (Fsp3) is 0.318. The van der Waals surface area contributed by atoms with Crippen molar-refractivity contribution in [3.63, 3.8) is 0 Å². The molecule has 9 heteroatoms. The van der Waals surface area contributed by atoms with Gasteiger partial charge in [0.2, 0.25) is 15.9 Å². The highest BCUT2D eigenvalue weighted by atomic mass is 32.2. The van der Waals surface area contributed by atoms with Crippen LogP contribution in [-0.2, 0) is 14.8 Å². The van der Waals surface area contributed by atoms with Gasteiger partial charge in [-0.25, -0.2) is 8.42 Å². The predicted molar refractivity (Wildman–Crippen MR) is 120 cm³/mol. The molecule has 0 radical (unpaired) electrons. The van der Waals surface area contributed by atoms with Crippen LogP contribution in [0.3, 0.4) is 0 Å². The number of anilines is 1. The summed E-state index contributed by atoms with van der Waals surface area (Å²) < 4.78 is 42.6. The van der Waals surface area contributed by atoms with Crippen molar-refractivity contribution in [2.45, 2.75) is 18.7 Å². The fourth-order valence-electron chi connectivity index (χ4n) is 2.96. The zero-order valence-corrected chi connectivity index (χ0v) is 19.2. The third-order valence-corrected chi connectivity index (χ3v) is 6.65. The average Bonchev–Trinajstić information content (AvgIpc) is 2.78. The number of nitrogens with zero attached hydrogens (tertiary/aromatic N) is 1. The quantitative estimate of drug-likeness (QED) is 0.560. The van der Waals surface area contributed by atoms with Crippen molar-refractivity contribution in [3.8, 4) is 17.2 Å². The lowest BCUT2D eigenvalue weighted by Crippen LogP contribution is -2.30. The monoisotopic (exact) mass is 448 g/mol. The van der Waals surface area contributed by atoms with E-state index in [1.54, 1.807) is 45.2 Å². The number of nitrogens with one attached hydrogen (secondary N) is 1. The summed E-state index contributed by atoms with van der Waals surface area (Å²) in [5.74, 6) is 1.04. The Balaban J connectivity index is 2.27. The molecule has 0 aliphatic rings. The molecule has 0 aliphatic carbocycles. The van der Waals surface area contributed by atoms with Crippen molar-refractivity contribution in [1.29, 1.82) is 0 Å². The number of amides is 1. The summed E-state index contributed by atoms with van der Waals surface area (Å²) in [4.78, 5) is 12.5. The van der Waals surface area contributed by atoms with Gasteiger partial charge in [0.1, 0.15) is 5.75 Å². The highest BCUT2D eigenvalue weighted by Crippen LogP contribution is 2.30. The molecule has 0 fully saturated rings. The number of hydrogen-bond acceptors (Lipinski definition) is 6. The number of carbonyl (C=O) groups excluding carboxylic acids is 1. The van der Waals surface area contributed by atoms with Gasteiger partial charge in [0.25, 0.3) is 0 Å². The number of hydrogen-bond donors (Lipinski definition) is 1. The molecule has 0 bridgehead atoms. The van der Waals surface area contributed by atoms with Gasteiger partial charge in [0.15, 0.2) is 11.5 Å². The summed E-state index contributed by atoms with van der Waals surface area (Å²) in [6.07, 6.45) is 2.95. The second-order valence-electron chi connectivity index (χ2n) is 6.39. The van der Waals surface area contributed by atoms with E-state index >= 15 is 0 Å². The van der Waals surface area contributed by atoms with E-state index < -0.39 is 15.9 Å². The minimum atomic E-state index is -3.67. The minimum absolute atomic E-state index is 0.0798. The Kier molecular flexibility index (Phi) is 8.47. The van der Waals surface area contributed by atoms with Crippen LogP contribution in [0.25, 0.3) is 6.08 Å². The molecular weight excluding hydrogens is 420 g/mol. The average molecular weight is 449 g/mol. The molecule has 0 aromatic heterocycles. The number of benzene rings is 2. The topological polar surface area (TPSA) is 94.2 Å². The smallest absolute Gasteiger partial charge is 0.248 e. The van der Waals surface area contributed by atoms with Gasteiger partial charge in [-0.2, -0.15) is 4.31 Å². The second kappa shape index (κ2) is 10.8. The summed E-state index contributed by atoms with van der Waals surface area (Å²) in [7, 11) is 0.852. The van der Waals surface area contributed by atoms with Gasteiger partial charge in [0, 0.05) is 19.2 Å². The summed E-state index contributed by atoms with van der Waals surface area (Å²) in [5.41, 5.74) is 0.996. The zero-order chi connectivity index (χ0) is 23.0. The van der Waals surface area contributed by atoms with Crippen LogP contribution in [0.5, 0.6) is 17.2 Å². The molecule has 2 rings (SSSR count). The van der Waals surface area contributed by atoms with E-state index in [2.05, 4.69) is 5.32 Å². The van der Waals surface area contributed by atoms with Crippen LogP contribution < -0.4 is 19.5 Å². The molecular formula is C22H28N2O6S. The van der Waals surface area contributed by atoms with Crippen molar-refractivity contribution in [3.05, 3.63) is 48.0 Å². The molecule has 31 heavy (non-hydrogen) atoms. The van der Waals surface area contributed by atoms with Crippen LogP contribution in [0, 0.1) is 0 Å². The van der Waals surface area contributed by atoms with Crippen molar-refractivity contribution < 1.29 is 27.4 Å². The predicted octanol–water partition coefficient (Wildman–Crippen LogP) is 3.39. The Morgan fingerprint density at radius 3 is 2.13 bits per heavy atom. The van der Waals surface area contributed by atoms with E-state index in [9.17, 15) is 13.2 Å². The maximum Gasteiger partial charge on any atom is 0.248 e.